The molecule has 0 bridgehead atoms. The molecule has 0 radical (unpaired) electrons. The lowest BCUT2D eigenvalue weighted by Gasteiger charge is -2.19. The highest BCUT2D eigenvalue weighted by Gasteiger charge is 2.24. The smallest absolute Gasteiger partial charge is 0.239 e. The topological polar surface area (TPSA) is 117 Å². The maximum absolute atomic E-state index is 5.68. The summed E-state index contributed by atoms with van der Waals surface area (Å²) in [4.78, 5) is 8.68. The Hall–Kier alpha value is -3.77. The van der Waals surface area contributed by atoms with Crippen molar-refractivity contribution in [3.8, 4) is 22.9 Å². The lowest BCUT2D eigenvalue weighted by Crippen LogP contribution is -2.15. The molecule has 2 N–H and O–H groups in total. The number of methoxy groups -OCH3 is 4. The molecule has 0 amide bonds. The minimum atomic E-state index is -0.346. The molecule has 1 aromatic carbocycles. The minimum Gasteiger partial charge on any atom is -0.494 e. The van der Waals surface area contributed by atoms with E-state index >= 15 is 0 Å². The van der Waals surface area contributed by atoms with Crippen molar-refractivity contribution in [3.63, 3.8) is 0 Å². The number of dihydropyridines is 1. The molecule has 11 nitrogen and oxygen atoms in total. The van der Waals surface area contributed by atoms with Crippen LogP contribution < -0.4 is 24.2 Å². The summed E-state index contributed by atoms with van der Waals surface area (Å²) in [5, 5.41) is 12.2. The number of nitrogens with zero attached hydrogens (tertiary/aromatic N) is 5. The van der Waals surface area contributed by atoms with Crippen LogP contribution in [0.25, 0.3) is 11.3 Å². The Labute approximate surface area is 214 Å². The fourth-order valence-electron chi connectivity index (χ4n) is 3.64. The zero-order valence-corrected chi connectivity index (χ0v) is 21.6. The van der Waals surface area contributed by atoms with Crippen LogP contribution in [0.3, 0.4) is 0 Å². The molecular formula is C24H29N7O4S. The van der Waals surface area contributed by atoms with Crippen LogP contribution in [-0.2, 0) is 4.74 Å². The van der Waals surface area contributed by atoms with Crippen molar-refractivity contribution in [2.24, 2.45) is 0 Å². The molecule has 3 heterocycles. The van der Waals surface area contributed by atoms with Gasteiger partial charge in [-0.15, -0.1) is 10.2 Å². The van der Waals surface area contributed by atoms with E-state index in [2.05, 4.69) is 43.2 Å². The van der Waals surface area contributed by atoms with Crippen molar-refractivity contribution in [2.75, 3.05) is 45.5 Å². The van der Waals surface area contributed by atoms with Crippen molar-refractivity contribution >= 4 is 23.5 Å². The number of nitrogens with one attached hydrogen (secondary N) is 2. The fraction of sp³-hybridized carbons (Fsp3) is 0.333. The second kappa shape index (κ2) is 11.8. The maximum Gasteiger partial charge on any atom is 0.239 e. The largest absolute Gasteiger partial charge is 0.494 e. The number of aromatic nitrogens is 5. The molecule has 0 fully saturated rings. The van der Waals surface area contributed by atoms with Crippen molar-refractivity contribution < 1.29 is 18.9 Å². The van der Waals surface area contributed by atoms with Crippen LogP contribution in [0, 0.1) is 0 Å². The Morgan fingerprint density at radius 2 is 1.78 bits per heavy atom. The molecule has 190 valence electrons. The first kappa shape index (κ1) is 25.3. The van der Waals surface area contributed by atoms with Gasteiger partial charge in [0.25, 0.3) is 0 Å². The van der Waals surface area contributed by atoms with Gasteiger partial charge in [-0.25, -0.2) is 9.97 Å². The van der Waals surface area contributed by atoms with Crippen LogP contribution in [0.4, 0.5) is 5.95 Å². The van der Waals surface area contributed by atoms with E-state index in [1.807, 2.05) is 29.0 Å². The van der Waals surface area contributed by atoms with Crippen molar-refractivity contribution in [3.05, 3.63) is 60.1 Å². The Kier molecular flexibility index (Phi) is 8.28. The first-order chi connectivity index (χ1) is 17.6. The summed E-state index contributed by atoms with van der Waals surface area (Å²) in [7, 11) is 6.43. The number of para-hydroxylation sites is 1. The quantitative estimate of drug-likeness (QED) is 0.369. The van der Waals surface area contributed by atoms with Crippen molar-refractivity contribution in [2.45, 2.75) is 13.0 Å². The van der Waals surface area contributed by atoms with E-state index in [-0.39, 0.29) is 6.10 Å². The second-order valence-corrected chi connectivity index (χ2v) is 8.61. The summed E-state index contributed by atoms with van der Waals surface area (Å²) in [6.45, 7) is 2.84. The average molecular weight is 512 g/mol. The van der Waals surface area contributed by atoms with Gasteiger partial charge in [-0.2, -0.15) is 0 Å². The zero-order chi connectivity index (χ0) is 25.5. The molecule has 12 heteroatoms. The predicted octanol–water partition coefficient (Wildman–Crippen LogP) is 3.42. The molecule has 0 spiro atoms. The molecule has 36 heavy (non-hydrogen) atoms. The van der Waals surface area contributed by atoms with Gasteiger partial charge in [0.15, 0.2) is 17.4 Å². The molecule has 4 rings (SSSR count). The Morgan fingerprint density at radius 3 is 2.39 bits per heavy atom. The third-order valence-electron chi connectivity index (χ3n) is 5.44. The van der Waals surface area contributed by atoms with E-state index in [1.54, 1.807) is 40.8 Å². The van der Waals surface area contributed by atoms with Gasteiger partial charge < -0.3 is 24.3 Å². The van der Waals surface area contributed by atoms with E-state index in [0.29, 0.717) is 46.3 Å². The number of ether oxygens (including phenoxy) is 4. The molecule has 1 aliphatic heterocycles. The van der Waals surface area contributed by atoms with Gasteiger partial charge in [-0.3, -0.25) is 9.29 Å². The Balaban J connectivity index is 1.66. The SMILES string of the molecule is COc1cnc(C(CSNc2nnc(C3=CNCC(C)=C3)n2-c2c(OC)cccc2OC)OC)nc1. The van der Waals surface area contributed by atoms with Crippen LogP contribution in [0.1, 0.15) is 24.7 Å². The van der Waals surface area contributed by atoms with Gasteiger partial charge in [0.1, 0.15) is 23.3 Å². The molecule has 3 aromatic rings. The van der Waals surface area contributed by atoms with E-state index in [4.69, 9.17) is 18.9 Å². The number of anilines is 1. The summed E-state index contributed by atoms with van der Waals surface area (Å²) in [6.07, 6.45) is 6.89. The highest BCUT2D eigenvalue weighted by atomic mass is 32.2. The third-order valence-corrected chi connectivity index (χ3v) is 6.24. The maximum atomic E-state index is 5.68. The average Bonchev–Trinajstić information content (AvgIpc) is 3.34. The molecule has 1 aliphatic rings. The molecule has 1 atom stereocenters. The minimum absolute atomic E-state index is 0.346. The lowest BCUT2D eigenvalue weighted by molar-refractivity contribution is 0.116. The summed E-state index contributed by atoms with van der Waals surface area (Å²) in [5.74, 6) is 4.03. The highest BCUT2D eigenvalue weighted by Crippen LogP contribution is 2.37. The molecule has 0 saturated carbocycles. The standard InChI is InChI=1S/C24H29N7O4S/c1-15-9-16(11-25-10-15)23-28-29-24(31(23)21-18(33-3)7-6-8-19(21)34-4)30-36-14-20(35-5)22-26-12-17(32-2)13-27-22/h6-9,11-13,20,25H,10,14H2,1-5H3,(H,29,30). The third kappa shape index (κ3) is 5.39. The number of allylic oxidation sites excluding steroid dienone is 2. The zero-order valence-electron chi connectivity index (χ0n) is 20.8. The fourth-order valence-corrected chi connectivity index (χ4v) is 4.42. The lowest BCUT2D eigenvalue weighted by atomic mass is 10.1. The van der Waals surface area contributed by atoms with Crippen LogP contribution in [0.5, 0.6) is 17.2 Å². The first-order valence-corrected chi connectivity index (χ1v) is 12.1. The van der Waals surface area contributed by atoms with E-state index < -0.39 is 0 Å². The van der Waals surface area contributed by atoms with Crippen molar-refractivity contribution in [1.82, 2.24) is 30.0 Å². The van der Waals surface area contributed by atoms with Crippen LogP contribution in [-0.4, -0.2) is 65.5 Å². The summed E-state index contributed by atoms with van der Waals surface area (Å²) >= 11 is 1.40. The second-order valence-electron chi connectivity index (χ2n) is 7.78. The van der Waals surface area contributed by atoms with Crippen molar-refractivity contribution in [1.29, 1.82) is 0 Å². The highest BCUT2D eigenvalue weighted by molar-refractivity contribution is 8.00. The van der Waals surface area contributed by atoms with Gasteiger partial charge >= 0.3 is 0 Å². The van der Waals surface area contributed by atoms with E-state index in [0.717, 1.165) is 12.1 Å². The molecular weight excluding hydrogens is 482 g/mol. The molecule has 1 unspecified atom stereocenters. The van der Waals surface area contributed by atoms with Gasteiger partial charge in [0.2, 0.25) is 5.95 Å². The van der Waals surface area contributed by atoms with Crippen LogP contribution >= 0.6 is 11.9 Å². The number of rotatable bonds is 11. The molecule has 2 aromatic heterocycles. The Morgan fingerprint density at radius 1 is 1.06 bits per heavy atom. The normalized spacial score (nSPS) is 13.8. The predicted molar refractivity (Wildman–Crippen MR) is 139 cm³/mol. The van der Waals surface area contributed by atoms with Gasteiger partial charge in [-0.05, 0) is 37.1 Å². The first-order valence-electron chi connectivity index (χ1n) is 11.1. The van der Waals surface area contributed by atoms with Crippen LogP contribution in [0.15, 0.2) is 48.4 Å². The summed E-state index contributed by atoms with van der Waals surface area (Å²) in [5.41, 5.74) is 2.75. The Bertz CT molecular complexity index is 1220. The summed E-state index contributed by atoms with van der Waals surface area (Å²) in [6, 6.07) is 5.61. The van der Waals surface area contributed by atoms with Gasteiger partial charge in [0.05, 0.1) is 33.7 Å². The van der Waals surface area contributed by atoms with E-state index in [9.17, 15) is 0 Å². The summed E-state index contributed by atoms with van der Waals surface area (Å²) < 4.78 is 27.3. The van der Waals surface area contributed by atoms with Gasteiger partial charge in [0, 0.05) is 31.2 Å². The molecule has 0 saturated heterocycles. The van der Waals surface area contributed by atoms with Gasteiger partial charge in [-0.1, -0.05) is 11.6 Å². The number of hydrogen-bond donors (Lipinski definition) is 2. The number of benzene rings is 1. The van der Waals surface area contributed by atoms with Crippen LogP contribution in [0.2, 0.25) is 0 Å². The molecule has 0 aliphatic carbocycles. The van der Waals surface area contributed by atoms with E-state index in [1.165, 1.54) is 17.5 Å². The number of hydrogen-bond acceptors (Lipinski definition) is 11. The monoisotopic (exact) mass is 511 g/mol.